The van der Waals surface area contributed by atoms with E-state index in [0.29, 0.717) is 6.54 Å². The zero-order valence-electron chi connectivity index (χ0n) is 10.2. The summed E-state index contributed by atoms with van der Waals surface area (Å²) in [5.41, 5.74) is 4.58. The molecule has 5 heteroatoms. The van der Waals surface area contributed by atoms with Gasteiger partial charge in [0.05, 0.1) is 11.3 Å². The summed E-state index contributed by atoms with van der Waals surface area (Å²) in [6, 6.07) is 1.71. The highest BCUT2D eigenvalue weighted by molar-refractivity contribution is 5.95. The molecule has 1 rings (SSSR count). The van der Waals surface area contributed by atoms with Gasteiger partial charge in [-0.25, -0.2) is 8.78 Å². The van der Waals surface area contributed by atoms with Gasteiger partial charge in [-0.15, -0.1) is 6.58 Å². The van der Waals surface area contributed by atoms with Gasteiger partial charge in [-0.05, 0) is 25.0 Å². The molecule has 0 spiro atoms. The number of nitrogen functional groups attached to an aromatic ring is 1. The number of nitrogens with two attached hydrogens (primary N) is 1. The molecule has 1 amide bonds. The minimum atomic E-state index is -0.878. The number of carbonyl (C=O) groups is 1. The number of allylic oxidation sites excluding steroid dienone is 1. The fourth-order valence-electron chi connectivity index (χ4n) is 1.55. The van der Waals surface area contributed by atoms with Gasteiger partial charge in [-0.1, -0.05) is 6.08 Å². The summed E-state index contributed by atoms with van der Waals surface area (Å²) < 4.78 is 26.7. The lowest BCUT2D eigenvalue weighted by Gasteiger charge is -2.17. The van der Waals surface area contributed by atoms with Gasteiger partial charge in [0.15, 0.2) is 5.82 Å². The Bertz CT molecular complexity index is 461. The smallest absolute Gasteiger partial charge is 0.256 e. The van der Waals surface area contributed by atoms with Crippen LogP contribution in [0.15, 0.2) is 24.8 Å². The summed E-state index contributed by atoms with van der Waals surface area (Å²) >= 11 is 0. The molecule has 1 aromatic carbocycles. The molecule has 0 aromatic heterocycles. The SMILES string of the molecule is C=CCCCN(C)C(=O)c1cc(F)cc(N)c1F. The van der Waals surface area contributed by atoms with E-state index in [9.17, 15) is 13.6 Å². The van der Waals surface area contributed by atoms with Crippen LogP contribution in [-0.4, -0.2) is 24.4 Å². The average molecular weight is 254 g/mol. The van der Waals surface area contributed by atoms with Gasteiger partial charge >= 0.3 is 0 Å². The van der Waals surface area contributed by atoms with Crippen molar-refractivity contribution >= 4 is 11.6 Å². The summed E-state index contributed by atoms with van der Waals surface area (Å²) in [6.45, 7) is 4.01. The topological polar surface area (TPSA) is 46.3 Å². The maximum absolute atomic E-state index is 13.6. The van der Waals surface area contributed by atoms with E-state index in [1.807, 2.05) is 0 Å². The van der Waals surface area contributed by atoms with Crippen LogP contribution >= 0.6 is 0 Å². The van der Waals surface area contributed by atoms with Gasteiger partial charge in [0.1, 0.15) is 5.82 Å². The van der Waals surface area contributed by atoms with E-state index in [0.717, 1.165) is 25.0 Å². The van der Waals surface area contributed by atoms with E-state index < -0.39 is 17.5 Å². The number of hydrogen-bond acceptors (Lipinski definition) is 2. The first-order valence-electron chi connectivity index (χ1n) is 5.58. The maximum atomic E-state index is 13.6. The molecule has 2 N–H and O–H groups in total. The van der Waals surface area contributed by atoms with E-state index in [1.165, 1.54) is 11.9 Å². The van der Waals surface area contributed by atoms with Crippen molar-refractivity contribution in [1.29, 1.82) is 0 Å². The summed E-state index contributed by atoms with van der Waals surface area (Å²) in [4.78, 5) is 13.2. The zero-order valence-corrected chi connectivity index (χ0v) is 10.2. The van der Waals surface area contributed by atoms with Gasteiger partial charge in [0.25, 0.3) is 5.91 Å². The quantitative estimate of drug-likeness (QED) is 0.498. The molecular formula is C13H16F2N2O. The highest BCUT2D eigenvalue weighted by Gasteiger charge is 2.19. The first kappa shape index (κ1) is 14.2. The summed E-state index contributed by atoms with van der Waals surface area (Å²) in [7, 11) is 1.53. The third-order valence-electron chi connectivity index (χ3n) is 2.54. The van der Waals surface area contributed by atoms with Gasteiger partial charge in [-0.3, -0.25) is 4.79 Å². The van der Waals surface area contributed by atoms with E-state index >= 15 is 0 Å². The molecule has 0 bridgehead atoms. The first-order chi connectivity index (χ1) is 8.47. The Morgan fingerprint density at radius 1 is 1.50 bits per heavy atom. The molecule has 0 heterocycles. The van der Waals surface area contributed by atoms with Gasteiger partial charge in [-0.2, -0.15) is 0 Å². The fourth-order valence-corrected chi connectivity index (χ4v) is 1.55. The zero-order chi connectivity index (χ0) is 13.7. The van der Waals surface area contributed by atoms with Crippen molar-refractivity contribution in [3.05, 3.63) is 42.0 Å². The number of anilines is 1. The summed E-state index contributed by atoms with van der Waals surface area (Å²) in [5, 5.41) is 0. The monoisotopic (exact) mass is 254 g/mol. The number of benzene rings is 1. The molecule has 1 aromatic rings. The van der Waals surface area contributed by atoms with Crippen LogP contribution < -0.4 is 5.73 Å². The van der Waals surface area contributed by atoms with E-state index in [-0.39, 0.29) is 11.3 Å². The normalized spacial score (nSPS) is 10.2. The highest BCUT2D eigenvalue weighted by atomic mass is 19.1. The molecule has 0 aliphatic heterocycles. The Labute approximate surface area is 105 Å². The Balaban J connectivity index is 2.86. The van der Waals surface area contributed by atoms with Crippen molar-refractivity contribution in [2.24, 2.45) is 0 Å². The van der Waals surface area contributed by atoms with Crippen molar-refractivity contribution in [3.8, 4) is 0 Å². The van der Waals surface area contributed by atoms with Crippen LogP contribution in [0.2, 0.25) is 0 Å². The number of amides is 1. The second-order valence-electron chi connectivity index (χ2n) is 4.01. The molecule has 3 nitrogen and oxygen atoms in total. The van der Waals surface area contributed by atoms with Crippen LogP contribution in [0, 0.1) is 11.6 Å². The van der Waals surface area contributed by atoms with Gasteiger partial charge in [0.2, 0.25) is 0 Å². The third kappa shape index (κ3) is 3.29. The van der Waals surface area contributed by atoms with Crippen molar-refractivity contribution in [2.45, 2.75) is 12.8 Å². The van der Waals surface area contributed by atoms with Crippen LogP contribution in [0.1, 0.15) is 23.2 Å². The molecule has 98 valence electrons. The lowest BCUT2D eigenvalue weighted by Crippen LogP contribution is -2.28. The number of rotatable bonds is 5. The predicted molar refractivity (Wildman–Crippen MR) is 67.2 cm³/mol. The molecule has 0 aliphatic rings. The van der Waals surface area contributed by atoms with E-state index in [1.54, 1.807) is 6.08 Å². The first-order valence-corrected chi connectivity index (χ1v) is 5.58. The second-order valence-corrected chi connectivity index (χ2v) is 4.01. The van der Waals surface area contributed by atoms with Crippen LogP contribution in [0.3, 0.4) is 0 Å². The Morgan fingerprint density at radius 3 is 2.78 bits per heavy atom. The number of carbonyl (C=O) groups excluding carboxylic acids is 1. The molecule has 0 radical (unpaired) electrons. The highest BCUT2D eigenvalue weighted by Crippen LogP contribution is 2.18. The van der Waals surface area contributed by atoms with Crippen molar-refractivity contribution < 1.29 is 13.6 Å². The van der Waals surface area contributed by atoms with Crippen molar-refractivity contribution in [3.63, 3.8) is 0 Å². The van der Waals surface area contributed by atoms with Gasteiger partial charge < -0.3 is 10.6 Å². The Hall–Kier alpha value is -1.91. The second kappa shape index (κ2) is 6.14. The van der Waals surface area contributed by atoms with Crippen molar-refractivity contribution in [1.82, 2.24) is 4.90 Å². The fraction of sp³-hybridized carbons (Fsp3) is 0.308. The summed E-state index contributed by atoms with van der Waals surface area (Å²) in [5.74, 6) is -2.18. The van der Waals surface area contributed by atoms with Crippen molar-refractivity contribution in [2.75, 3.05) is 19.3 Å². The van der Waals surface area contributed by atoms with Crippen LogP contribution in [-0.2, 0) is 0 Å². The van der Waals surface area contributed by atoms with E-state index in [2.05, 4.69) is 6.58 Å². The van der Waals surface area contributed by atoms with E-state index in [4.69, 9.17) is 5.73 Å². The number of unbranched alkanes of at least 4 members (excludes halogenated alkanes) is 1. The summed E-state index contributed by atoms with van der Waals surface area (Å²) in [6.07, 6.45) is 3.21. The predicted octanol–water partition coefficient (Wildman–Crippen LogP) is 2.59. The molecule has 0 unspecified atom stereocenters. The molecule has 0 aliphatic carbocycles. The largest absolute Gasteiger partial charge is 0.396 e. The lowest BCUT2D eigenvalue weighted by molar-refractivity contribution is 0.0789. The minimum Gasteiger partial charge on any atom is -0.396 e. The molecule has 0 saturated carbocycles. The molecule has 0 fully saturated rings. The molecular weight excluding hydrogens is 238 g/mol. The number of halogens is 2. The van der Waals surface area contributed by atoms with Crippen LogP contribution in [0.5, 0.6) is 0 Å². The molecule has 0 saturated heterocycles. The third-order valence-corrected chi connectivity index (χ3v) is 2.54. The van der Waals surface area contributed by atoms with Crippen LogP contribution in [0.25, 0.3) is 0 Å². The lowest BCUT2D eigenvalue weighted by atomic mass is 10.1. The van der Waals surface area contributed by atoms with Gasteiger partial charge in [0, 0.05) is 13.6 Å². The Kier molecular flexibility index (Phi) is 4.83. The number of nitrogens with zero attached hydrogens (tertiary/aromatic N) is 1. The average Bonchev–Trinajstić information content (AvgIpc) is 2.33. The maximum Gasteiger partial charge on any atom is 0.256 e. The molecule has 18 heavy (non-hydrogen) atoms. The standard InChI is InChI=1S/C13H16F2N2O/c1-3-4-5-6-17(2)13(18)10-7-9(14)8-11(16)12(10)15/h3,7-8H,1,4-6,16H2,2H3. The Morgan fingerprint density at radius 2 is 2.17 bits per heavy atom. The van der Waals surface area contributed by atoms with Crippen LogP contribution in [0.4, 0.5) is 14.5 Å². The number of hydrogen-bond donors (Lipinski definition) is 1. The minimum absolute atomic E-state index is 0.339. The molecule has 0 atom stereocenters.